The number of hydrogen-bond donors (Lipinski definition) is 0. The molecule has 0 unspecified atom stereocenters. The second-order valence-electron chi connectivity index (χ2n) is 4.80. The van der Waals surface area contributed by atoms with Gasteiger partial charge in [0.15, 0.2) is 6.80 Å². The molecule has 0 saturated carbocycles. The molecule has 1 rings (SSSR count). The molecule has 0 bridgehead atoms. The largest absolute Gasteiger partial charge is 0.467 e. The summed E-state index contributed by atoms with van der Waals surface area (Å²) in [5, 5.41) is 0. The van der Waals surface area contributed by atoms with Crippen LogP contribution >= 0.6 is 0 Å². The number of methoxy groups -OCH3 is 1. The summed E-state index contributed by atoms with van der Waals surface area (Å²) in [7, 11) is 1.15. The lowest BCUT2D eigenvalue weighted by Crippen LogP contribution is -2.50. The SMILES string of the molecule is COC(=O)[C@H](C(C)C)N(CF)C(=O)C(=O)c1ccccc1. The van der Waals surface area contributed by atoms with Gasteiger partial charge in [-0.2, -0.15) is 0 Å². The average Bonchev–Trinajstić information content (AvgIpc) is 2.50. The van der Waals surface area contributed by atoms with Crippen molar-refractivity contribution in [3.05, 3.63) is 35.9 Å². The zero-order valence-corrected chi connectivity index (χ0v) is 12.2. The molecular formula is C15H18FNO4. The molecule has 0 radical (unpaired) electrons. The van der Waals surface area contributed by atoms with Gasteiger partial charge in [-0.1, -0.05) is 44.2 Å². The van der Waals surface area contributed by atoms with Crippen molar-refractivity contribution in [2.75, 3.05) is 13.9 Å². The number of esters is 1. The summed E-state index contributed by atoms with van der Waals surface area (Å²) in [6, 6.07) is 6.67. The van der Waals surface area contributed by atoms with Crippen LogP contribution in [0.1, 0.15) is 24.2 Å². The number of nitrogens with zero attached hydrogens (tertiary/aromatic N) is 1. The Morgan fingerprint density at radius 1 is 1.19 bits per heavy atom. The highest BCUT2D eigenvalue weighted by Gasteiger charge is 2.36. The van der Waals surface area contributed by atoms with Crippen molar-refractivity contribution in [3.8, 4) is 0 Å². The summed E-state index contributed by atoms with van der Waals surface area (Å²) in [5.41, 5.74) is 0.147. The molecule has 1 aromatic carbocycles. The standard InChI is InChI=1S/C15H18FNO4/c1-10(2)12(15(20)21-3)17(9-16)14(19)13(18)11-7-5-4-6-8-11/h4-8,10,12H,9H2,1-3H3/t12-/m0/s1. The normalized spacial score (nSPS) is 11.9. The predicted molar refractivity (Wildman–Crippen MR) is 74.2 cm³/mol. The van der Waals surface area contributed by atoms with E-state index in [4.69, 9.17) is 0 Å². The highest BCUT2D eigenvalue weighted by Crippen LogP contribution is 2.15. The number of amides is 1. The molecule has 0 heterocycles. The van der Waals surface area contributed by atoms with Crippen molar-refractivity contribution in [1.29, 1.82) is 0 Å². The summed E-state index contributed by atoms with van der Waals surface area (Å²) < 4.78 is 17.8. The first kappa shape index (κ1) is 16.8. The van der Waals surface area contributed by atoms with Gasteiger partial charge in [-0.05, 0) is 5.92 Å². The summed E-state index contributed by atoms with van der Waals surface area (Å²) in [5.74, 6) is -3.06. The first-order valence-corrected chi connectivity index (χ1v) is 6.48. The van der Waals surface area contributed by atoms with Crippen molar-refractivity contribution < 1.29 is 23.5 Å². The molecule has 0 spiro atoms. The summed E-state index contributed by atoms with van der Waals surface area (Å²) in [4.78, 5) is 36.6. The summed E-state index contributed by atoms with van der Waals surface area (Å²) in [6.45, 7) is 2.05. The van der Waals surface area contributed by atoms with Crippen molar-refractivity contribution in [1.82, 2.24) is 4.90 Å². The number of carbonyl (C=O) groups is 3. The Hall–Kier alpha value is -2.24. The van der Waals surface area contributed by atoms with Crippen LogP contribution in [-0.2, 0) is 14.3 Å². The van der Waals surface area contributed by atoms with Gasteiger partial charge in [-0.25, -0.2) is 9.18 Å². The molecular weight excluding hydrogens is 277 g/mol. The fourth-order valence-corrected chi connectivity index (χ4v) is 1.98. The van der Waals surface area contributed by atoms with Crippen molar-refractivity contribution in [2.45, 2.75) is 19.9 Å². The topological polar surface area (TPSA) is 63.7 Å². The van der Waals surface area contributed by atoms with Gasteiger partial charge in [0.05, 0.1) is 7.11 Å². The fourth-order valence-electron chi connectivity index (χ4n) is 1.98. The Morgan fingerprint density at radius 3 is 2.19 bits per heavy atom. The first-order chi connectivity index (χ1) is 9.93. The van der Waals surface area contributed by atoms with Crippen LogP contribution in [0.25, 0.3) is 0 Å². The van der Waals surface area contributed by atoms with Crippen LogP contribution in [0.4, 0.5) is 4.39 Å². The van der Waals surface area contributed by atoms with Crippen LogP contribution in [0.5, 0.6) is 0 Å². The lowest BCUT2D eigenvalue weighted by atomic mass is 10.0. The molecule has 5 nitrogen and oxygen atoms in total. The Kier molecular flexibility index (Phi) is 6.02. The van der Waals surface area contributed by atoms with Gasteiger partial charge in [-0.3, -0.25) is 14.5 Å². The lowest BCUT2D eigenvalue weighted by molar-refractivity contribution is -0.155. The molecule has 21 heavy (non-hydrogen) atoms. The number of hydrogen-bond acceptors (Lipinski definition) is 4. The Morgan fingerprint density at radius 2 is 1.76 bits per heavy atom. The van der Waals surface area contributed by atoms with Crippen LogP contribution in [-0.4, -0.2) is 42.5 Å². The van der Waals surface area contributed by atoms with E-state index in [1.165, 1.54) is 12.1 Å². The average molecular weight is 295 g/mol. The minimum atomic E-state index is -1.24. The van der Waals surface area contributed by atoms with E-state index >= 15 is 0 Å². The fraction of sp³-hybridized carbons (Fsp3) is 0.400. The van der Waals surface area contributed by atoms with Crippen LogP contribution < -0.4 is 0 Å². The number of ether oxygens (including phenoxy) is 1. The molecule has 1 amide bonds. The third-order valence-corrected chi connectivity index (χ3v) is 3.03. The second-order valence-corrected chi connectivity index (χ2v) is 4.80. The number of Topliss-reactive ketones (excluding diaryl/α,β-unsaturated/α-hetero) is 1. The zero-order valence-electron chi connectivity index (χ0n) is 12.2. The maximum Gasteiger partial charge on any atom is 0.328 e. The van der Waals surface area contributed by atoms with Crippen molar-refractivity contribution in [3.63, 3.8) is 0 Å². The monoisotopic (exact) mass is 295 g/mol. The number of rotatable bonds is 6. The molecule has 0 aliphatic heterocycles. The zero-order chi connectivity index (χ0) is 16.0. The van der Waals surface area contributed by atoms with Gasteiger partial charge in [0.1, 0.15) is 6.04 Å². The molecule has 1 aromatic rings. The van der Waals surface area contributed by atoms with E-state index in [1.807, 2.05) is 0 Å². The number of benzene rings is 1. The molecule has 0 aliphatic carbocycles. The van der Waals surface area contributed by atoms with Crippen molar-refractivity contribution >= 4 is 17.7 Å². The molecule has 6 heteroatoms. The molecule has 0 aliphatic rings. The third-order valence-electron chi connectivity index (χ3n) is 3.03. The minimum Gasteiger partial charge on any atom is -0.467 e. The summed E-state index contributed by atoms with van der Waals surface area (Å²) in [6.07, 6.45) is 0. The molecule has 114 valence electrons. The van der Waals surface area contributed by atoms with E-state index in [2.05, 4.69) is 4.74 Å². The first-order valence-electron chi connectivity index (χ1n) is 6.48. The number of alkyl halides is 1. The predicted octanol–water partition coefficient (Wildman–Crippen LogP) is 1.82. The van der Waals surface area contributed by atoms with E-state index < -0.39 is 30.5 Å². The van der Waals surface area contributed by atoms with E-state index in [1.54, 1.807) is 32.0 Å². The smallest absolute Gasteiger partial charge is 0.328 e. The maximum atomic E-state index is 13.2. The van der Waals surface area contributed by atoms with E-state index in [0.29, 0.717) is 4.90 Å². The number of carbonyl (C=O) groups excluding carboxylic acids is 3. The minimum absolute atomic E-state index is 0.147. The Bertz CT molecular complexity index is 516. The van der Waals surface area contributed by atoms with E-state index in [0.717, 1.165) is 7.11 Å². The van der Waals surface area contributed by atoms with Gasteiger partial charge >= 0.3 is 5.97 Å². The van der Waals surface area contributed by atoms with Gasteiger partial charge in [0.25, 0.3) is 5.91 Å². The van der Waals surface area contributed by atoms with E-state index in [-0.39, 0.29) is 11.5 Å². The maximum absolute atomic E-state index is 13.2. The molecule has 0 N–H and O–H groups in total. The second kappa shape index (κ2) is 7.52. The summed E-state index contributed by atoms with van der Waals surface area (Å²) >= 11 is 0. The molecule has 0 saturated heterocycles. The highest BCUT2D eigenvalue weighted by atomic mass is 19.1. The Balaban J connectivity index is 3.05. The van der Waals surface area contributed by atoms with Gasteiger partial charge in [0, 0.05) is 5.56 Å². The lowest BCUT2D eigenvalue weighted by Gasteiger charge is -2.29. The molecule has 1 atom stereocenters. The molecule has 0 fully saturated rings. The van der Waals surface area contributed by atoms with Crippen LogP contribution in [0.15, 0.2) is 30.3 Å². The number of ketones is 1. The highest BCUT2D eigenvalue weighted by molar-refractivity contribution is 6.43. The van der Waals surface area contributed by atoms with Crippen molar-refractivity contribution in [2.24, 2.45) is 5.92 Å². The molecule has 0 aromatic heterocycles. The van der Waals surface area contributed by atoms with Crippen LogP contribution in [0, 0.1) is 5.92 Å². The van der Waals surface area contributed by atoms with E-state index in [9.17, 15) is 18.8 Å². The van der Waals surface area contributed by atoms with Crippen LogP contribution in [0.2, 0.25) is 0 Å². The number of halogens is 1. The van der Waals surface area contributed by atoms with Crippen LogP contribution in [0.3, 0.4) is 0 Å². The quantitative estimate of drug-likeness (QED) is 0.347. The third kappa shape index (κ3) is 3.87. The van der Waals surface area contributed by atoms with Gasteiger partial charge in [0.2, 0.25) is 5.78 Å². The Labute approximate surface area is 122 Å². The van der Waals surface area contributed by atoms with Gasteiger partial charge in [-0.15, -0.1) is 0 Å². The van der Waals surface area contributed by atoms with Gasteiger partial charge < -0.3 is 4.74 Å².